The molecule has 82 valence electrons. The molecule has 1 rings (SSSR count). The molecule has 1 aromatic rings. The summed E-state index contributed by atoms with van der Waals surface area (Å²) in [6.45, 7) is 3.10. The summed E-state index contributed by atoms with van der Waals surface area (Å²) >= 11 is 0. The lowest BCUT2D eigenvalue weighted by Crippen LogP contribution is -2.18. The van der Waals surface area contributed by atoms with Gasteiger partial charge in [0.05, 0.1) is 12.2 Å². The quantitative estimate of drug-likeness (QED) is 0.730. The molecule has 0 fully saturated rings. The zero-order valence-corrected chi connectivity index (χ0v) is 9.41. The summed E-state index contributed by atoms with van der Waals surface area (Å²) in [5.41, 5.74) is 1.25. The van der Waals surface area contributed by atoms with Gasteiger partial charge in [-0.15, -0.1) is 12.8 Å². The van der Waals surface area contributed by atoms with Gasteiger partial charge in [0.25, 0.3) is 0 Å². The molecule has 0 saturated heterocycles. The van der Waals surface area contributed by atoms with Crippen LogP contribution in [0.3, 0.4) is 0 Å². The van der Waals surface area contributed by atoms with E-state index in [0.717, 1.165) is 0 Å². The number of hydrogen-bond acceptors (Lipinski definition) is 2. The van der Waals surface area contributed by atoms with Gasteiger partial charge in [0, 0.05) is 11.1 Å². The Labute approximate surface area is 95.9 Å². The zero-order valence-electron chi connectivity index (χ0n) is 9.41. The third-order valence-electron chi connectivity index (χ3n) is 2.38. The fraction of sp³-hybridized carbons (Fsp3) is 0.286. The number of aliphatic hydroxyl groups is 2. The van der Waals surface area contributed by atoms with E-state index >= 15 is 0 Å². The topological polar surface area (TPSA) is 40.5 Å². The van der Waals surface area contributed by atoms with Crippen LogP contribution in [0.15, 0.2) is 12.1 Å². The van der Waals surface area contributed by atoms with E-state index in [1.807, 2.05) is 0 Å². The summed E-state index contributed by atoms with van der Waals surface area (Å²) in [4.78, 5) is 0. The van der Waals surface area contributed by atoms with Crippen molar-refractivity contribution in [3.63, 3.8) is 0 Å². The first-order valence-electron chi connectivity index (χ1n) is 4.88. The van der Waals surface area contributed by atoms with Crippen molar-refractivity contribution in [1.29, 1.82) is 0 Å². The van der Waals surface area contributed by atoms with Crippen molar-refractivity contribution >= 4 is 0 Å². The molecular formula is C14H14O2. The molecule has 0 atom stereocenters. The minimum absolute atomic E-state index is 0.173. The molecule has 0 aliphatic heterocycles. The van der Waals surface area contributed by atoms with E-state index in [1.54, 1.807) is 26.0 Å². The first-order chi connectivity index (χ1) is 7.43. The molecule has 0 heterocycles. The Balaban J connectivity index is 3.53. The number of hydrogen-bond donors (Lipinski definition) is 2. The van der Waals surface area contributed by atoms with Crippen LogP contribution >= 0.6 is 0 Å². The second-order valence-corrected chi connectivity index (χ2v) is 4.06. The van der Waals surface area contributed by atoms with E-state index in [0.29, 0.717) is 22.3 Å². The van der Waals surface area contributed by atoms with Gasteiger partial charge in [-0.1, -0.05) is 11.8 Å². The molecule has 2 nitrogen and oxygen atoms in total. The van der Waals surface area contributed by atoms with Gasteiger partial charge >= 0.3 is 0 Å². The largest absolute Gasteiger partial charge is 0.392 e. The van der Waals surface area contributed by atoms with E-state index < -0.39 is 5.60 Å². The lowest BCUT2D eigenvalue weighted by atomic mass is 9.89. The van der Waals surface area contributed by atoms with Gasteiger partial charge in [-0.3, -0.25) is 0 Å². The number of aliphatic hydroxyl groups excluding tert-OH is 1. The highest BCUT2D eigenvalue weighted by atomic mass is 16.3. The zero-order chi connectivity index (χ0) is 12.3. The second kappa shape index (κ2) is 4.41. The Bertz CT molecular complexity index is 479. The van der Waals surface area contributed by atoms with Gasteiger partial charge < -0.3 is 10.2 Å². The number of rotatable bonds is 2. The van der Waals surface area contributed by atoms with E-state index in [4.69, 9.17) is 12.8 Å². The van der Waals surface area contributed by atoms with Crippen molar-refractivity contribution in [2.24, 2.45) is 0 Å². The standard InChI is InChI=1S/C14H14O2/c1-5-10-7-11(6-2)13(14(3,4)16)8-12(10)9-15/h1-2,7-8,15-16H,9H2,3-4H3. The van der Waals surface area contributed by atoms with Crippen LogP contribution in [-0.2, 0) is 12.2 Å². The number of terminal acetylenes is 2. The van der Waals surface area contributed by atoms with Crippen molar-refractivity contribution in [1.82, 2.24) is 0 Å². The normalized spacial score (nSPS) is 10.6. The highest BCUT2D eigenvalue weighted by molar-refractivity contribution is 5.52. The van der Waals surface area contributed by atoms with E-state index in [1.165, 1.54) is 0 Å². The van der Waals surface area contributed by atoms with Crippen molar-refractivity contribution in [2.45, 2.75) is 26.1 Å². The Morgan fingerprint density at radius 1 is 1.19 bits per heavy atom. The maximum Gasteiger partial charge on any atom is 0.0852 e. The third kappa shape index (κ3) is 2.25. The molecule has 0 radical (unpaired) electrons. The van der Waals surface area contributed by atoms with Crippen molar-refractivity contribution in [3.05, 3.63) is 34.4 Å². The van der Waals surface area contributed by atoms with Crippen molar-refractivity contribution < 1.29 is 10.2 Å². The van der Waals surface area contributed by atoms with Crippen LogP contribution < -0.4 is 0 Å². The van der Waals surface area contributed by atoms with Gasteiger partial charge in [0.2, 0.25) is 0 Å². The Morgan fingerprint density at radius 3 is 2.12 bits per heavy atom. The summed E-state index contributed by atoms with van der Waals surface area (Å²) in [6, 6.07) is 3.29. The molecule has 0 bridgehead atoms. The van der Waals surface area contributed by atoms with Crippen LogP contribution in [0.2, 0.25) is 0 Å². The van der Waals surface area contributed by atoms with Crippen molar-refractivity contribution in [2.75, 3.05) is 0 Å². The van der Waals surface area contributed by atoms with Crippen LogP contribution in [0.4, 0.5) is 0 Å². The van der Waals surface area contributed by atoms with Gasteiger partial charge in [-0.05, 0) is 37.1 Å². The maximum atomic E-state index is 9.96. The van der Waals surface area contributed by atoms with Crippen LogP contribution in [0.25, 0.3) is 0 Å². The highest BCUT2D eigenvalue weighted by Crippen LogP contribution is 2.26. The summed E-state index contributed by atoms with van der Waals surface area (Å²) in [5, 5.41) is 19.1. The van der Waals surface area contributed by atoms with E-state index in [2.05, 4.69) is 11.8 Å². The monoisotopic (exact) mass is 214 g/mol. The molecule has 0 aliphatic carbocycles. The first-order valence-corrected chi connectivity index (χ1v) is 4.88. The Hall–Kier alpha value is -1.74. The predicted octanol–water partition coefficient (Wildman–Crippen LogP) is 1.37. The first kappa shape index (κ1) is 12.3. The molecule has 0 saturated carbocycles. The summed E-state index contributed by atoms with van der Waals surface area (Å²) < 4.78 is 0. The molecule has 16 heavy (non-hydrogen) atoms. The Kier molecular flexibility index (Phi) is 3.40. The molecule has 1 aromatic carbocycles. The molecule has 2 N–H and O–H groups in total. The smallest absolute Gasteiger partial charge is 0.0852 e. The van der Waals surface area contributed by atoms with Crippen LogP contribution in [0, 0.1) is 24.7 Å². The fourth-order valence-corrected chi connectivity index (χ4v) is 1.54. The molecule has 2 heteroatoms. The average molecular weight is 214 g/mol. The summed E-state index contributed by atoms with van der Waals surface area (Å²) in [6.07, 6.45) is 10.7. The maximum absolute atomic E-state index is 9.96. The van der Waals surface area contributed by atoms with Gasteiger partial charge in [-0.2, -0.15) is 0 Å². The van der Waals surface area contributed by atoms with Crippen LogP contribution in [0.5, 0.6) is 0 Å². The molecular weight excluding hydrogens is 200 g/mol. The number of benzene rings is 1. The van der Waals surface area contributed by atoms with Gasteiger partial charge in [0.15, 0.2) is 0 Å². The molecule has 0 unspecified atom stereocenters. The van der Waals surface area contributed by atoms with E-state index in [9.17, 15) is 10.2 Å². The minimum Gasteiger partial charge on any atom is -0.392 e. The fourth-order valence-electron chi connectivity index (χ4n) is 1.54. The Morgan fingerprint density at radius 2 is 1.75 bits per heavy atom. The predicted molar refractivity (Wildman–Crippen MR) is 63.5 cm³/mol. The third-order valence-corrected chi connectivity index (χ3v) is 2.38. The van der Waals surface area contributed by atoms with Crippen molar-refractivity contribution in [3.8, 4) is 24.7 Å². The SMILES string of the molecule is C#Cc1cc(C#C)c(C(C)(C)O)cc1CO. The molecule has 0 amide bonds. The van der Waals surface area contributed by atoms with Gasteiger partial charge in [-0.25, -0.2) is 0 Å². The average Bonchev–Trinajstić information content (AvgIpc) is 2.25. The summed E-state index contributed by atoms with van der Waals surface area (Å²) in [5.74, 6) is 4.95. The second-order valence-electron chi connectivity index (χ2n) is 4.06. The lowest BCUT2D eigenvalue weighted by molar-refractivity contribution is 0.0781. The highest BCUT2D eigenvalue weighted by Gasteiger charge is 2.21. The molecule has 0 aromatic heterocycles. The van der Waals surface area contributed by atoms with E-state index in [-0.39, 0.29) is 6.61 Å². The van der Waals surface area contributed by atoms with Gasteiger partial charge in [0.1, 0.15) is 0 Å². The minimum atomic E-state index is -1.06. The molecule has 0 aliphatic rings. The molecule has 0 spiro atoms. The van der Waals surface area contributed by atoms with Crippen LogP contribution in [-0.4, -0.2) is 10.2 Å². The lowest BCUT2D eigenvalue weighted by Gasteiger charge is -2.21. The summed E-state index contributed by atoms with van der Waals surface area (Å²) in [7, 11) is 0. The van der Waals surface area contributed by atoms with Crippen LogP contribution in [0.1, 0.15) is 36.1 Å².